The largest absolute Gasteiger partial charge is 0.396 e. The van der Waals surface area contributed by atoms with Crippen LogP contribution in [0, 0.1) is 5.92 Å². The molecule has 2 heterocycles. The first-order valence-electron chi connectivity index (χ1n) is 7.35. The van der Waals surface area contributed by atoms with Crippen LogP contribution in [-0.2, 0) is 0 Å². The number of rotatable bonds is 5. The van der Waals surface area contributed by atoms with Gasteiger partial charge in [0.1, 0.15) is 11.0 Å². The van der Waals surface area contributed by atoms with E-state index in [0.29, 0.717) is 10.7 Å². The average Bonchev–Trinajstić information content (AvgIpc) is 2.99. The summed E-state index contributed by atoms with van der Waals surface area (Å²) in [6.07, 6.45) is 2.28. The second-order valence-corrected chi connectivity index (χ2v) is 6.04. The second kappa shape index (κ2) is 7.09. The van der Waals surface area contributed by atoms with Crippen LogP contribution in [0.3, 0.4) is 0 Å². The molecule has 0 spiro atoms. The van der Waals surface area contributed by atoms with Gasteiger partial charge in [0.05, 0.1) is 0 Å². The summed E-state index contributed by atoms with van der Waals surface area (Å²) >= 11 is 6.04. The summed E-state index contributed by atoms with van der Waals surface area (Å²) in [4.78, 5) is 18.7. The fraction of sp³-hybridized carbons (Fsp3) is 0.600. The molecule has 1 aromatic rings. The van der Waals surface area contributed by atoms with E-state index in [4.69, 9.17) is 16.7 Å². The van der Waals surface area contributed by atoms with Crippen LogP contribution in [0.1, 0.15) is 37.0 Å². The molecule has 2 N–H and O–H groups in total. The molecule has 1 amide bonds. The monoisotopic (exact) mass is 311 g/mol. The molecule has 0 aromatic carbocycles. The van der Waals surface area contributed by atoms with Gasteiger partial charge in [-0.2, -0.15) is 0 Å². The summed E-state index contributed by atoms with van der Waals surface area (Å²) in [5.74, 6) is 0.574. The van der Waals surface area contributed by atoms with E-state index in [9.17, 15) is 4.79 Å². The number of nitrogens with one attached hydrogen (secondary N) is 1. The molecular weight excluding hydrogens is 290 g/mol. The number of anilines is 1. The van der Waals surface area contributed by atoms with Gasteiger partial charge in [0.25, 0.3) is 5.91 Å². The van der Waals surface area contributed by atoms with Gasteiger partial charge < -0.3 is 15.3 Å². The van der Waals surface area contributed by atoms with E-state index in [1.165, 1.54) is 0 Å². The lowest BCUT2D eigenvalue weighted by molar-refractivity contribution is 0.0916. The van der Waals surface area contributed by atoms with Gasteiger partial charge in [0.2, 0.25) is 0 Å². The Morgan fingerprint density at radius 1 is 1.43 bits per heavy atom. The number of aliphatic hydroxyl groups is 1. The molecule has 5 nitrogen and oxygen atoms in total. The fourth-order valence-corrected chi connectivity index (χ4v) is 2.52. The summed E-state index contributed by atoms with van der Waals surface area (Å²) in [5.41, 5.74) is 0.508. The van der Waals surface area contributed by atoms with Gasteiger partial charge in [0.15, 0.2) is 0 Å². The Kier molecular flexibility index (Phi) is 5.42. The number of halogens is 1. The molecule has 1 saturated heterocycles. The lowest BCUT2D eigenvalue weighted by atomic mass is 10.0. The van der Waals surface area contributed by atoms with E-state index in [1.54, 1.807) is 12.1 Å². The molecule has 2 rings (SSSR count). The Balaban J connectivity index is 2.13. The van der Waals surface area contributed by atoms with Crippen molar-refractivity contribution in [1.82, 2.24) is 10.3 Å². The summed E-state index contributed by atoms with van der Waals surface area (Å²) in [5, 5.41) is 12.3. The van der Waals surface area contributed by atoms with Crippen LogP contribution in [-0.4, -0.2) is 41.7 Å². The number of hydrogen-bond acceptors (Lipinski definition) is 4. The van der Waals surface area contributed by atoms with Crippen LogP contribution in [0.25, 0.3) is 0 Å². The lowest BCUT2D eigenvalue weighted by Gasteiger charge is -2.20. The molecule has 21 heavy (non-hydrogen) atoms. The van der Waals surface area contributed by atoms with Gasteiger partial charge in [0, 0.05) is 31.3 Å². The number of hydrogen-bond donors (Lipinski definition) is 2. The van der Waals surface area contributed by atoms with Crippen LogP contribution >= 0.6 is 11.6 Å². The van der Waals surface area contributed by atoms with Crippen LogP contribution in [0.4, 0.5) is 5.82 Å². The number of carbonyl (C=O) groups excluding carboxylic acids is 1. The zero-order chi connectivity index (χ0) is 15.4. The lowest BCUT2D eigenvalue weighted by Crippen LogP contribution is -2.38. The van der Waals surface area contributed by atoms with Gasteiger partial charge in [-0.05, 0) is 37.8 Å². The van der Waals surface area contributed by atoms with Crippen molar-refractivity contribution in [2.75, 3.05) is 24.6 Å². The molecule has 1 aromatic heterocycles. The standard InChI is InChI=1S/C15H22ClN3O2/c1-10(9-20)11(2)17-15(21)12-7-13(16)18-14(8-12)19-5-3-4-6-19/h7-8,10-11,20H,3-6,9H2,1-2H3,(H,17,21). The van der Waals surface area contributed by atoms with E-state index in [0.717, 1.165) is 31.7 Å². The zero-order valence-electron chi connectivity index (χ0n) is 12.5. The quantitative estimate of drug-likeness (QED) is 0.817. The van der Waals surface area contributed by atoms with Gasteiger partial charge in [-0.1, -0.05) is 18.5 Å². The van der Waals surface area contributed by atoms with Crippen molar-refractivity contribution in [3.8, 4) is 0 Å². The molecule has 0 radical (unpaired) electrons. The highest BCUT2D eigenvalue weighted by atomic mass is 35.5. The molecule has 1 aliphatic rings. The highest BCUT2D eigenvalue weighted by Crippen LogP contribution is 2.22. The average molecular weight is 312 g/mol. The van der Waals surface area contributed by atoms with Crippen molar-refractivity contribution in [2.45, 2.75) is 32.7 Å². The van der Waals surface area contributed by atoms with E-state index in [1.807, 2.05) is 13.8 Å². The maximum atomic E-state index is 12.3. The maximum absolute atomic E-state index is 12.3. The first-order valence-corrected chi connectivity index (χ1v) is 7.73. The normalized spacial score (nSPS) is 17.6. The van der Waals surface area contributed by atoms with Crippen LogP contribution in [0.5, 0.6) is 0 Å². The van der Waals surface area contributed by atoms with Gasteiger partial charge >= 0.3 is 0 Å². The van der Waals surface area contributed by atoms with Crippen LogP contribution in [0.15, 0.2) is 12.1 Å². The number of pyridine rings is 1. The van der Waals surface area contributed by atoms with Gasteiger partial charge in [-0.3, -0.25) is 4.79 Å². The predicted octanol–water partition coefficient (Wildman–Crippen LogP) is 2.08. The second-order valence-electron chi connectivity index (χ2n) is 5.65. The molecule has 0 bridgehead atoms. The minimum Gasteiger partial charge on any atom is -0.396 e. The highest BCUT2D eigenvalue weighted by Gasteiger charge is 2.19. The Hall–Kier alpha value is -1.33. The third-order valence-corrected chi connectivity index (χ3v) is 4.17. The highest BCUT2D eigenvalue weighted by molar-refractivity contribution is 6.29. The molecule has 2 atom stereocenters. The summed E-state index contributed by atoms with van der Waals surface area (Å²) in [6, 6.07) is 3.25. The summed E-state index contributed by atoms with van der Waals surface area (Å²) in [6.45, 7) is 5.71. The van der Waals surface area contributed by atoms with Crippen LogP contribution in [0.2, 0.25) is 5.15 Å². The van der Waals surface area contributed by atoms with Crippen molar-refractivity contribution in [3.63, 3.8) is 0 Å². The number of aromatic nitrogens is 1. The van der Waals surface area contributed by atoms with E-state index < -0.39 is 0 Å². The zero-order valence-corrected chi connectivity index (χ0v) is 13.2. The molecule has 2 unspecified atom stereocenters. The Bertz CT molecular complexity index is 504. The Labute approximate surface area is 130 Å². The van der Waals surface area contributed by atoms with Crippen molar-refractivity contribution in [3.05, 3.63) is 22.8 Å². The minimum atomic E-state index is -0.187. The fourth-order valence-electron chi connectivity index (χ4n) is 2.31. The van der Waals surface area contributed by atoms with Gasteiger partial charge in [-0.25, -0.2) is 4.98 Å². The van der Waals surface area contributed by atoms with E-state index in [2.05, 4.69) is 15.2 Å². The molecule has 1 fully saturated rings. The SMILES string of the molecule is CC(CO)C(C)NC(=O)c1cc(Cl)nc(N2CCCC2)c1. The molecular formula is C15H22ClN3O2. The van der Waals surface area contributed by atoms with Crippen molar-refractivity contribution < 1.29 is 9.90 Å². The van der Waals surface area contributed by atoms with E-state index in [-0.39, 0.29) is 24.5 Å². The first-order chi connectivity index (χ1) is 10.0. The van der Waals surface area contributed by atoms with E-state index >= 15 is 0 Å². The molecule has 116 valence electrons. The summed E-state index contributed by atoms with van der Waals surface area (Å²) in [7, 11) is 0. The molecule has 0 saturated carbocycles. The number of aliphatic hydroxyl groups excluding tert-OH is 1. The van der Waals surface area contributed by atoms with Crippen molar-refractivity contribution in [1.29, 1.82) is 0 Å². The third kappa shape index (κ3) is 4.08. The van der Waals surface area contributed by atoms with Gasteiger partial charge in [-0.15, -0.1) is 0 Å². The number of amides is 1. The number of nitrogens with zero attached hydrogens (tertiary/aromatic N) is 2. The van der Waals surface area contributed by atoms with Crippen LogP contribution < -0.4 is 10.2 Å². The summed E-state index contributed by atoms with van der Waals surface area (Å²) < 4.78 is 0. The smallest absolute Gasteiger partial charge is 0.251 e. The Morgan fingerprint density at radius 2 is 2.10 bits per heavy atom. The number of carbonyl (C=O) groups is 1. The predicted molar refractivity (Wildman–Crippen MR) is 83.9 cm³/mol. The Morgan fingerprint density at radius 3 is 2.71 bits per heavy atom. The maximum Gasteiger partial charge on any atom is 0.251 e. The van der Waals surface area contributed by atoms with Crippen molar-refractivity contribution in [2.24, 2.45) is 5.92 Å². The molecule has 6 heteroatoms. The first kappa shape index (κ1) is 16.0. The third-order valence-electron chi connectivity index (χ3n) is 3.97. The van der Waals surface area contributed by atoms with Crippen molar-refractivity contribution >= 4 is 23.3 Å². The molecule has 0 aliphatic carbocycles. The molecule has 1 aliphatic heterocycles. The topological polar surface area (TPSA) is 65.5 Å². The minimum absolute atomic E-state index is 0.00399.